The lowest BCUT2D eigenvalue weighted by Gasteiger charge is -2.09. The molecule has 0 radical (unpaired) electrons. The van der Waals surface area contributed by atoms with Crippen LogP contribution >= 0.6 is 0 Å². The fourth-order valence-corrected chi connectivity index (χ4v) is 2.28. The highest BCUT2D eigenvalue weighted by Gasteiger charge is 2.17. The minimum Gasteiger partial charge on any atom is -0.345 e. The Hall–Kier alpha value is -2.18. The average molecular weight is 319 g/mol. The van der Waals surface area contributed by atoms with Gasteiger partial charge in [-0.15, -0.1) is 0 Å². The molecule has 7 heteroatoms. The van der Waals surface area contributed by atoms with E-state index in [1.54, 1.807) is 0 Å². The Labute approximate surface area is 136 Å². The molecular weight excluding hydrogens is 294 g/mol. The van der Waals surface area contributed by atoms with Gasteiger partial charge in [-0.3, -0.25) is 9.89 Å². The Morgan fingerprint density at radius 2 is 2.04 bits per heavy atom. The molecule has 0 aliphatic carbocycles. The molecule has 2 aromatic heterocycles. The van der Waals surface area contributed by atoms with Gasteiger partial charge in [-0.05, 0) is 32.3 Å². The van der Waals surface area contributed by atoms with Gasteiger partial charge in [0.1, 0.15) is 6.04 Å². The fraction of sp³-hybridized carbons (Fsp3) is 0.625. The highest BCUT2D eigenvalue weighted by molar-refractivity contribution is 5.76. The minimum atomic E-state index is -0.294. The molecule has 0 bridgehead atoms. The second-order valence-corrected chi connectivity index (χ2v) is 6.36. The summed E-state index contributed by atoms with van der Waals surface area (Å²) in [6.45, 7) is 10.0. The topological polar surface area (TPSA) is 96.7 Å². The smallest absolute Gasteiger partial charge is 0.248 e. The molecule has 0 unspecified atom stereocenters. The second-order valence-electron chi connectivity index (χ2n) is 6.36. The van der Waals surface area contributed by atoms with Crippen LogP contribution in [0.25, 0.3) is 0 Å². The number of hydrogen-bond donors (Lipinski definition) is 2. The van der Waals surface area contributed by atoms with Crippen molar-refractivity contribution in [2.24, 2.45) is 5.92 Å². The highest BCUT2D eigenvalue weighted by atomic mass is 16.5. The molecule has 0 aromatic carbocycles. The molecular formula is C16H25N5O2. The van der Waals surface area contributed by atoms with Crippen LogP contribution in [0, 0.1) is 19.8 Å². The number of aromatic nitrogens is 4. The van der Waals surface area contributed by atoms with E-state index in [1.165, 1.54) is 0 Å². The Kier molecular flexibility index (Phi) is 5.52. The van der Waals surface area contributed by atoms with E-state index in [1.807, 2.05) is 20.8 Å². The van der Waals surface area contributed by atoms with Crippen LogP contribution in [0.3, 0.4) is 0 Å². The normalized spacial score (nSPS) is 12.6. The monoisotopic (exact) mass is 319 g/mol. The van der Waals surface area contributed by atoms with Crippen molar-refractivity contribution in [3.05, 3.63) is 28.7 Å². The molecule has 0 saturated heterocycles. The lowest BCUT2D eigenvalue weighted by Crippen LogP contribution is -2.27. The summed E-state index contributed by atoms with van der Waals surface area (Å²) in [5, 5.41) is 14.0. The van der Waals surface area contributed by atoms with Crippen molar-refractivity contribution >= 4 is 5.91 Å². The van der Waals surface area contributed by atoms with Gasteiger partial charge in [0.2, 0.25) is 11.8 Å². The van der Waals surface area contributed by atoms with Gasteiger partial charge in [0.25, 0.3) is 0 Å². The van der Waals surface area contributed by atoms with E-state index in [2.05, 4.69) is 39.5 Å². The van der Waals surface area contributed by atoms with Crippen LogP contribution in [0.15, 0.2) is 4.52 Å². The first kappa shape index (κ1) is 17.2. The molecule has 2 rings (SSSR count). The molecule has 2 heterocycles. The molecule has 23 heavy (non-hydrogen) atoms. The molecule has 2 N–H and O–H groups in total. The van der Waals surface area contributed by atoms with Gasteiger partial charge in [-0.2, -0.15) is 10.1 Å². The zero-order chi connectivity index (χ0) is 17.0. The highest BCUT2D eigenvalue weighted by Crippen LogP contribution is 2.13. The van der Waals surface area contributed by atoms with Crippen LogP contribution in [0.1, 0.15) is 61.9 Å². The number of aryl methyl sites for hydroxylation is 2. The quantitative estimate of drug-likeness (QED) is 0.817. The first-order valence-corrected chi connectivity index (χ1v) is 7.99. The van der Waals surface area contributed by atoms with Gasteiger partial charge < -0.3 is 9.84 Å². The van der Waals surface area contributed by atoms with Crippen LogP contribution in [0.4, 0.5) is 0 Å². The van der Waals surface area contributed by atoms with Crippen molar-refractivity contribution < 1.29 is 9.32 Å². The number of nitrogens with one attached hydrogen (secondary N) is 2. The Balaban J connectivity index is 1.84. The first-order chi connectivity index (χ1) is 10.9. The minimum absolute atomic E-state index is 0.0545. The maximum absolute atomic E-state index is 12.1. The summed E-state index contributed by atoms with van der Waals surface area (Å²) in [6, 6.07) is -0.294. The zero-order valence-electron chi connectivity index (χ0n) is 14.4. The zero-order valence-corrected chi connectivity index (χ0v) is 14.4. The average Bonchev–Trinajstić information content (AvgIpc) is 3.05. The van der Waals surface area contributed by atoms with Crippen LogP contribution in [-0.2, 0) is 17.6 Å². The maximum atomic E-state index is 12.1. The van der Waals surface area contributed by atoms with Crippen molar-refractivity contribution in [3.8, 4) is 0 Å². The lowest BCUT2D eigenvalue weighted by molar-refractivity contribution is -0.121. The Bertz CT molecular complexity index is 659. The van der Waals surface area contributed by atoms with Gasteiger partial charge >= 0.3 is 0 Å². The van der Waals surface area contributed by atoms with E-state index in [-0.39, 0.29) is 11.9 Å². The molecule has 0 fully saturated rings. The molecule has 0 aliphatic heterocycles. The van der Waals surface area contributed by atoms with E-state index in [0.29, 0.717) is 30.5 Å². The molecule has 1 atom stereocenters. The van der Waals surface area contributed by atoms with E-state index in [0.717, 1.165) is 23.4 Å². The summed E-state index contributed by atoms with van der Waals surface area (Å²) in [7, 11) is 0. The third-order valence-corrected chi connectivity index (χ3v) is 3.77. The van der Waals surface area contributed by atoms with Gasteiger partial charge in [0, 0.05) is 25.0 Å². The van der Waals surface area contributed by atoms with Crippen molar-refractivity contribution in [2.75, 3.05) is 0 Å². The van der Waals surface area contributed by atoms with Crippen molar-refractivity contribution in [2.45, 2.75) is 59.9 Å². The van der Waals surface area contributed by atoms with Crippen molar-refractivity contribution in [3.63, 3.8) is 0 Å². The number of carbonyl (C=O) groups is 1. The number of carbonyl (C=O) groups excluding carboxylic acids is 1. The SMILES string of the molecule is Cc1[nH]nc(CCC(=O)N[C@@H](C)c2nc(CC(C)C)no2)c1C. The fourth-order valence-electron chi connectivity index (χ4n) is 2.28. The van der Waals surface area contributed by atoms with Gasteiger partial charge in [0.05, 0.1) is 5.69 Å². The predicted octanol–water partition coefficient (Wildman–Crippen LogP) is 2.42. The third kappa shape index (κ3) is 4.64. The summed E-state index contributed by atoms with van der Waals surface area (Å²) >= 11 is 0. The predicted molar refractivity (Wildman–Crippen MR) is 85.8 cm³/mol. The van der Waals surface area contributed by atoms with Crippen molar-refractivity contribution in [1.29, 1.82) is 0 Å². The maximum Gasteiger partial charge on any atom is 0.248 e. The summed E-state index contributed by atoms with van der Waals surface area (Å²) in [5.74, 6) is 1.53. The van der Waals surface area contributed by atoms with Crippen LogP contribution < -0.4 is 5.32 Å². The van der Waals surface area contributed by atoms with E-state index < -0.39 is 0 Å². The third-order valence-electron chi connectivity index (χ3n) is 3.77. The van der Waals surface area contributed by atoms with Crippen LogP contribution in [0.2, 0.25) is 0 Å². The Morgan fingerprint density at radius 3 is 2.65 bits per heavy atom. The Morgan fingerprint density at radius 1 is 1.30 bits per heavy atom. The number of H-pyrrole nitrogens is 1. The first-order valence-electron chi connectivity index (χ1n) is 7.99. The van der Waals surface area contributed by atoms with Crippen LogP contribution in [0.5, 0.6) is 0 Å². The molecule has 0 aliphatic rings. The number of hydrogen-bond acceptors (Lipinski definition) is 5. The molecule has 1 amide bonds. The van der Waals surface area contributed by atoms with Crippen LogP contribution in [-0.4, -0.2) is 26.2 Å². The van der Waals surface area contributed by atoms with E-state index >= 15 is 0 Å². The summed E-state index contributed by atoms with van der Waals surface area (Å²) in [6.07, 6.45) is 1.75. The number of amides is 1. The lowest BCUT2D eigenvalue weighted by atomic mass is 10.1. The number of rotatable bonds is 7. The summed E-state index contributed by atoms with van der Waals surface area (Å²) < 4.78 is 5.22. The van der Waals surface area contributed by atoms with Gasteiger partial charge in [-0.1, -0.05) is 19.0 Å². The molecule has 7 nitrogen and oxygen atoms in total. The van der Waals surface area contributed by atoms with Gasteiger partial charge in [-0.25, -0.2) is 0 Å². The molecule has 126 valence electrons. The summed E-state index contributed by atoms with van der Waals surface area (Å²) in [4.78, 5) is 16.4. The van der Waals surface area contributed by atoms with Crippen molar-refractivity contribution in [1.82, 2.24) is 25.7 Å². The largest absolute Gasteiger partial charge is 0.345 e. The van der Waals surface area contributed by atoms with E-state index in [4.69, 9.17) is 4.52 Å². The van der Waals surface area contributed by atoms with E-state index in [9.17, 15) is 4.79 Å². The molecule has 0 spiro atoms. The summed E-state index contributed by atoms with van der Waals surface area (Å²) in [5.41, 5.74) is 3.08. The molecule has 0 saturated carbocycles. The standard InChI is InChI=1S/C16H25N5O2/c1-9(2)8-14-18-16(23-21-14)12(5)17-15(22)7-6-13-10(3)11(4)19-20-13/h9,12H,6-8H2,1-5H3,(H,17,22)(H,19,20)/t12-/m0/s1. The second kappa shape index (κ2) is 7.39. The number of nitrogens with zero attached hydrogens (tertiary/aromatic N) is 3. The van der Waals surface area contributed by atoms with Gasteiger partial charge in [0.15, 0.2) is 5.82 Å². The molecule has 2 aromatic rings. The number of aromatic amines is 1.